The molecule has 0 fully saturated rings. The molecule has 0 spiro atoms. The number of fused-ring (bicyclic) bond motifs is 20. The van der Waals surface area contributed by atoms with Gasteiger partial charge in [0.2, 0.25) is 0 Å². The molecule has 0 amide bonds. The Kier molecular flexibility index (Phi) is 6.41. The number of rotatable bonds is 2. The van der Waals surface area contributed by atoms with Crippen molar-refractivity contribution >= 4 is 118 Å². The average Bonchev–Trinajstić information content (AvgIpc) is 3.69. The van der Waals surface area contributed by atoms with Crippen LogP contribution >= 0.6 is 11.3 Å². The summed E-state index contributed by atoms with van der Waals surface area (Å²) in [5, 5.41) is 23.6. The molecule has 0 unspecified atom stereocenters. The van der Waals surface area contributed by atoms with Crippen molar-refractivity contribution in [3.8, 4) is 22.3 Å². The van der Waals surface area contributed by atoms with Gasteiger partial charge in [0, 0.05) is 30.9 Å². The molecule has 1 heteroatoms. The van der Waals surface area contributed by atoms with Gasteiger partial charge in [-0.15, -0.1) is 11.3 Å². The molecule has 0 aliphatic carbocycles. The summed E-state index contributed by atoms with van der Waals surface area (Å²) in [6.45, 7) is 0. The highest BCUT2D eigenvalue weighted by Crippen LogP contribution is 2.49. The first-order chi connectivity index (χ1) is 28.3. The molecule has 0 saturated heterocycles. The molecule has 0 aliphatic heterocycles. The van der Waals surface area contributed by atoms with Crippen molar-refractivity contribution in [1.82, 2.24) is 0 Å². The molecule has 57 heavy (non-hydrogen) atoms. The van der Waals surface area contributed by atoms with E-state index in [1.165, 1.54) is 129 Å². The van der Waals surface area contributed by atoms with E-state index in [1.54, 1.807) is 0 Å². The van der Waals surface area contributed by atoms with Gasteiger partial charge in [-0.25, -0.2) is 0 Å². The fourth-order valence-corrected chi connectivity index (χ4v) is 11.5. The van der Waals surface area contributed by atoms with Gasteiger partial charge in [-0.2, -0.15) is 0 Å². The second-order valence-corrected chi connectivity index (χ2v) is 16.5. The lowest BCUT2D eigenvalue weighted by Gasteiger charge is -2.17. The van der Waals surface area contributed by atoms with Crippen molar-refractivity contribution in [2.24, 2.45) is 0 Å². The fraction of sp³-hybridized carbons (Fsp3) is 0. The summed E-state index contributed by atoms with van der Waals surface area (Å²) in [7, 11) is 0. The molecule has 262 valence electrons. The Balaban J connectivity index is 1.11. The van der Waals surface area contributed by atoms with Crippen LogP contribution in [-0.4, -0.2) is 0 Å². The third-order valence-electron chi connectivity index (χ3n) is 12.6. The summed E-state index contributed by atoms with van der Waals surface area (Å²) < 4.78 is 2.74. The Morgan fingerprint density at radius 2 is 0.561 bits per heavy atom. The minimum atomic E-state index is 1.24. The molecule has 0 N–H and O–H groups in total. The molecule has 0 saturated carbocycles. The molecule has 12 aromatic carbocycles. The van der Waals surface area contributed by atoms with Crippen LogP contribution in [0.5, 0.6) is 0 Å². The van der Waals surface area contributed by atoms with Gasteiger partial charge >= 0.3 is 0 Å². The third kappa shape index (κ3) is 4.32. The van der Waals surface area contributed by atoms with Gasteiger partial charge in [0.15, 0.2) is 0 Å². The molecule has 0 bridgehead atoms. The van der Waals surface area contributed by atoms with Gasteiger partial charge in [-0.3, -0.25) is 0 Å². The van der Waals surface area contributed by atoms with Gasteiger partial charge in [0.05, 0.1) is 0 Å². The Bertz CT molecular complexity index is 3830. The lowest BCUT2D eigenvalue weighted by Crippen LogP contribution is -1.90. The topological polar surface area (TPSA) is 0 Å². The molecule has 1 aromatic heterocycles. The fourth-order valence-electron chi connectivity index (χ4n) is 10.1. The molecular weight excluding hydrogens is 705 g/mol. The predicted octanol–water partition coefficient (Wildman–Crippen LogP) is 16.6. The zero-order chi connectivity index (χ0) is 37.2. The molecule has 0 aliphatic rings. The van der Waals surface area contributed by atoms with E-state index in [0.29, 0.717) is 0 Å². The molecule has 0 atom stereocenters. The third-order valence-corrected chi connectivity index (χ3v) is 13.8. The Hall–Kier alpha value is -7.06. The molecule has 13 rings (SSSR count). The Labute approximate surface area is 332 Å². The van der Waals surface area contributed by atoms with E-state index in [4.69, 9.17) is 0 Å². The van der Waals surface area contributed by atoms with Gasteiger partial charge in [0.25, 0.3) is 0 Å². The highest BCUT2D eigenvalue weighted by molar-refractivity contribution is 7.28. The monoisotopic (exact) mass is 736 g/mol. The SMILES string of the molecule is c1ccc(-c2cc3c4ccccc4c(-c4ccc5c(c4)c4ccccc4c4c5ccc5c4sc4c6ccccc6c6ccccc6c54)cc3c3ccccc23)cc1. The lowest BCUT2D eigenvalue weighted by molar-refractivity contribution is 1.67. The van der Waals surface area contributed by atoms with Crippen molar-refractivity contribution in [2.45, 2.75) is 0 Å². The maximum atomic E-state index is 2.46. The van der Waals surface area contributed by atoms with Crippen LogP contribution in [0.4, 0.5) is 0 Å². The smallest absolute Gasteiger partial charge is 0.0440 e. The van der Waals surface area contributed by atoms with Crippen molar-refractivity contribution < 1.29 is 0 Å². The van der Waals surface area contributed by atoms with E-state index in [9.17, 15) is 0 Å². The van der Waals surface area contributed by atoms with Crippen LogP contribution in [0.15, 0.2) is 194 Å². The summed E-state index contributed by atoms with van der Waals surface area (Å²) in [6.07, 6.45) is 0. The van der Waals surface area contributed by atoms with E-state index in [0.717, 1.165) is 0 Å². The van der Waals surface area contributed by atoms with E-state index in [-0.39, 0.29) is 0 Å². The first-order valence-electron chi connectivity index (χ1n) is 19.8. The first-order valence-corrected chi connectivity index (χ1v) is 20.6. The Morgan fingerprint density at radius 1 is 0.211 bits per heavy atom. The lowest BCUT2D eigenvalue weighted by atomic mass is 9.86. The second kappa shape index (κ2) is 11.7. The van der Waals surface area contributed by atoms with Crippen LogP contribution in [0.3, 0.4) is 0 Å². The zero-order valence-corrected chi connectivity index (χ0v) is 31.7. The van der Waals surface area contributed by atoms with Gasteiger partial charge in [0.1, 0.15) is 0 Å². The molecule has 1 heterocycles. The number of benzene rings is 12. The van der Waals surface area contributed by atoms with Crippen LogP contribution < -0.4 is 0 Å². The number of hydrogen-bond donors (Lipinski definition) is 0. The molecule has 0 nitrogen and oxygen atoms in total. The van der Waals surface area contributed by atoms with E-state index in [1.807, 2.05) is 11.3 Å². The minimum absolute atomic E-state index is 1.24. The summed E-state index contributed by atoms with van der Waals surface area (Å²) in [5.74, 6) is 0. The highest BCUT2D eigenvalue weighted by atomic mass is 32.1. The van der Waals surface area contributed by atoms with E-state index in [2.05, 4.69) is 194 Å². The zero-order valence-electron chi connectivity index (χ0n) is 30.9. The molecule has 13 aromatic rings. The van der Waals surface area contributed by atoms with Crippen LogP contribution in [0.25, 0.3) is 129 Å². The van der Waals surface area contributed by atoms with E-state index < -0.39 is 0 Å². The average molecular weight is 737 g/mol. The van der Waals surface area contributed by atoms with Crippen LogP contribution in [0.2, 0.25) is 0 Å². The van der Waals surface area contributed by atoms with Crippen molar-refractivity contribution in [3.05, 3.63) is 194 Å². The van der Waals surface area contributed by atoms with Crippen molar-refractivity contribution in [2.75, 3.05) is 0 Å². The second-order valence-electron chi connectivity index (χ2n) is 15.5. The van der Waals surface area contributed by atoms with Crippen LogP contribution in [-0.2, 0) is 0 Å². The van der Waals surface area contributed by atoms with Crippen LogP contribution in [0.1, 0.15) is 0 Å². The van der Waals surface area contributed by atoms with Crippen molar-refractivity contribution in [1.29, 1.82) is 0 Å². The summed E-state index contributed by atoms with van der Waals surface area (Å²) >= 11 is 1.96. The first kappa shape index (κ1) is 31.2. The number of thiophene rings is 1. The quantitative estimate of drug-likeness (QED) is 0.155. The maximum absolute atomic E-state index is 2.46. The van der Waals surface area contributed by atoms with Gasteiger partial charge in [-0.1, -0.05) is 176 Å². The normalized spacial score (nSPS) is 12.2. The molecule has 0 radical (unpaired) electrons. The van der Waals surface area contributed by atoms with Crippen LogP contribution in [0, 0.1) is 0 Å². The highest BCUT2D eigenvalue weighted by Gasteiger charge is 2.20. The Morgan fingerprint density at radius 3 is 1.18 bits per heavy atom. The van der Waals surface area contributed by atoms with E-state index >= 15 is 0 Å². The largest absolute Gasteiger partial charge is 0.134 e. The number of hydrogen-bond acceptors (Lipinski definition) is 1. The molecular formula is C56H32S. The summed E-state index contributed by atoms with van der Waals surface area (Å²) in [4.78, 5) is 0. The minimum Gasteiger partial charge on any atom is -0.134 e. The standard InChI is InChI=1S/C56H32S/c1-2-14-33(15-3-1)48-31-51-40-21-7-5-19-38(40)49(32-52(51)39-20-6-4-18-37(39)48)34-26-27-42-45-28-29-47-54-43-23-11-8-16-35(43)36-17-10-13-25-46(36)55(54)57-56(47)53(45)44-24-12-9-22-41(44)50(42)30-34/h1-32H. The van der Waals surface area contributed by atoms with Gasteiger partial charge < -0.3 is 0 Å². The van der Waals surface area contributed by atoms with Crippen molar-refractivity contribution in [3.63, 3.8) is 0 Å². The summed E-state index contributed by atoms with van der Waals surface area (Å²) in [6, 6.07) is 72.5. The van der Waals surface area contributed by atoms with Gasteiger partial charge in [-0.05, 0) is 116 Å². The predicted molar refractivity (Wildman–Crippen MR) is 250 cm³/mol. The maximum Gasteiger partial charge on any atom is 0.0440 e. The summed E-state index contributed by atoms with van der Waals surface area (Å²) in [5.41, 5.74) is 5.02.